The summed E-state index contributed by atoms with van der Waals surface area (Å²) in [5.74, 6) is 0.332. The molecule has 1 amide bonds. The Kier molecular flexibility index (Phi) is 5.76. The smallest absolute Gasteiger partial charge is 0.226 e. The number of carbonyl (C=O) groups excluding carboxylic acids is 1. The highest BCUT2D eigenvalue weighted by Crippen LogP contribution is 2.35. The number of carbonyl (C=O) groups is 1. The van der Waals surface area contributed by atoms with Crippen LogP contribution in [0, 0.1) is 6.92 Å². The Balaban J connectivity index is 1.48. The molecule has 0 aliphatic heterocycles. The fraction of sp³-hybridized carbons (Fsp3) is 0.545. The summed E-state index contributed by atoms with van der Waals surface area (Å²) in [7, 11) is -3.20. The van der Waals surface area contributed by atoms with Crippen LogP contribution in [0.4, 0.5) is 5.82 Å². The summed E-state index contributed by atoms with van der Waals surface area (Å²) in [6.07, 6.45) is 8.27. The number of hydrogen-bond acceptors (Lipinski definition) is 4. The van der Waals surface area contributed by atoms with E-state index in [4.69, 9.17) is 0 Å². The average molecular weight is 416 g/mol. The van der Waals surface area contributed by atoms with Gasteiger partial charge >= 0.3 is 0 Å². The zero-order valence-electron chi connectivity index (χ0n) is 16.9. The van der Waals surface area contributed by atoms with Gasteiger partial charge in [-0.3, -0.25) is 4.79 Å². The van der Waals surface area contributed by atoms with Crippen molar-refractivity contribution >= 4 is 21.6 Å². The molecule has 1 unspecified atom stereocenters. The second-order valence-corrected chi connectivity index (χ2v) is 10.7. The second kappa shape index (κ2) is 8.30. The SMILES string of the molecule is Cc1cnn(C2CCCc3ccccc32)c1NC(=O)CCS(=O)(=O)C1CCCC1. The van der Waals surface area contributed by atoms with E-state index in [9.17, 15) is 13.2 Å². The van der Waals surface area contributed by atoms with Crippen LogP contribution in [0.5, 0.6) is 0 Å². The number of aryl methyl sites for hydroxylation is 2. The lowest BCUT2D eigenvalue weighted by atomic mass is 9.88. The Morgan fingerprint density at radius 1 is 1.17 bits per heavy atom. The molecule has 0 saturated heterocycles. The van der Waals surface area contributed by atoms with Crippen LogP contribution in [0.3, 0.4) is 0 Å². The van der Waals surface area contributed by atoms with Gasteiger partial charge in [-0.2, -0.15) is 5.10 Å². The van der Waals surface area contributed by atoms with Crippen molar-refractivity contribution in [1.29, 1.82) is 0 Å². The average Bonchev–Trinajstić information content (AvgIpc) is 3.38. The molecule has 1 fully saturated rings. The highest BCUT2D eigenvalue weighted by molar-refractivity contribution is 7.92. The minimum atomic E-state index is -3.20. The maximum absolute atomic E-state index is 12.6. The van der Waals surface area contributed by atoms with Crippen molar-refractivity contribution in [3.05, 3.63) is 47.2 Å². The maximum atomic E-state index is 12.6. The summed E-state index contributed by atoms with van der Waals surface area (Å²) >= 11 is 0. The molecule has 7 heteroatoms. The first-order chi connectivity index (χ1) is 14.0. The number of benzene rings is 1. The third-order valence-corrected chi connectivity index (χ3v) is 8.55. The Morgan fingerprint density at radius 2 is 1.93 bits per heavy atom. The highest BCUT2D eigenvalue weighted by Gasteiger charge is 2.29. The molecule has 0 radical (unpaired) electrons. The maximum Gasteiger partial charge on any atom is 0.226 e. The summed E-state index contributed by atoms with van der Waals surface area (Å²) in [5, 5.41) is 7.23. The zero-order chi connectivity index (χ0) is 20.4. The van der Waals surface area contributed by atoms with Gasteiger partial charge in [0.1, 0.15) is 5.82 Å². The zero-order valence-corrected chi connectivity index (χ0v) is 17.7. The first-order valence-electron chi connectivity index (χ1n) is 10.6. The van der Waals surface area contributed by atoms with Crippen molar-refractivity contribution in [3.8, 4) is 0 Å². The van der Waals surface area contributed by atoms with Gasteiger partial charge in [0.25, 0.3) is 0 Å². The molecule has 29 heavy (non-hydrogen) atoms. The van der Waals surface area contributed by atoms with Gasteiger partial charge < -0.3 is 5.32 Å². The van der Waals surface area contributed by atoms with Crippen LogP contribution >= 0.6 is 0 Å². The fourth-order valence-corrected chi connectivity index (χ4v) is 6.52. The number of amides is 1. The van der Waals surface area contributed by atoms with Crippen LogP contribution in [0.15, 0.2) is 30.5 Å². The van der Waals surface area contributed by atoms with E-state index in [1.54, 1.807) is 6.20 Å². The number of sulfone groups is 1. The molecule has 6 nitrogen and oxygen atoms in total. The summed E-state index contributed by atoms with van der Waals surface area (Å²) < 4.78 is 26.8. The second-order valence-electron chi connectivity index (χ2n) is 8.30. The van der Waals surface area contributed by atoms with Crippen molar-refractivity contribution in [2.75, 3.05) is 11.1 Å². The standard InChI is InChI=1S/C22H29N3O3S/c1-16-15-23-25(20-12-6-8-17-7-2-5-11-19(17)20)22(16)24-21(26)13-14-29(27,28)18-9-3-4-10-18/h2,5,7,11,15,18,20H,3-4,6,8-10,12-14H2,1H3,(H,24,26). The predicted octanol–water partition coefficient (Wildman–Crippen LogP) is 3.80. The fourth-order valence-electron chi connectivity index (χ4n) is 4.67. The first-order valence-corrected chi connectivity index (χ1v) is 12.3. The highest BCUT2D eigenvalue weighted by atomic mass is 32.2. The number of fused-ring (bicyclic) bond motifs is 1. The minimum Gasteiger partial charge on any atom is -0.311 e. The van der Waals surface area contributed by atoms with Crippen molar-refractivity contribution in [1.82, 2.24) is 9.78 Å². The Bertz CT molecular complexity index is 990. The van der Waals surface area contributed by atoms with Crippen LogP contribution < -0.4 is 5.32 Å². The largest absolute Gasteiger partial charge is 0.311 e. The molecular weight excluding hydrogens is 386 g/mol. The van der Waals surface area contributed by atoms with E-state index in [2.05, 4.69) is 28.6 Å². The van der Waals surface area contributed by atoms with Gasteiger partial charge in [-0.15, -0.1) is 0 Å². The third kappa shape index (κ3) is 4.25. The quantitative estimate of drug-likeness (QED) is 0.778. The summed E-state index contributed by atoms with van der Waals surface area (Å²) in [6, 6.07) is 8.48. The Morgan fingerprint density at radius 3 is 2.72 bits per heavy atom. The molecule has 2 aromatic rings. The molecular formula is C22H29N3O3S. The van der Waals surface area contributed by atoms with Crippen LogP contribution in [-0.2, 0) is 21.1 Å². The van der Waals surface area contributed by atoms with E-state index in [0.29, 0.717) is 5.82 Å². The number of rotatable bonds is 6. The Labute approximate surface area is 172 Å². The van der Waals surface area contributed by atoms with Gasteiger partial charge in [-0.05, 0) is 50.2 Å². The molecule has 1 atom stereocenters. The molecule has 156 valence electrons. The lowest BCUT2D eigenvalue weighted by Gasteiger charge is -2.27. The monoisotopic (exact) mass is 415 g/mol. The predicted molar refractivity (Wildman–Crippen MR) is 114 cm³/mol. The molecule has 2 aliphatic carbocycles. The van der Waals surface area contributed by atoms with Gasteiger partial charge in [-0.1, -0.05) is 37.1 Å². The van der Waals surface area contributed by atoms with E-state index in [1.165, 1.54) is 11.1 Å². The van der Waals surface area contributed by atoms with Crippen molar-refractivity contribution in [2.45, 2.75) is 69.6 Å². The first kappa shape index (κ1) is 20.1. The lowest BCUT2D eigenvalue weighted by molar-refractivity contribution is -0.115. The van der Waals surface area contributed by atoms with E-state index in [-0.39, 0.29) is 29.4 Å². The summed E-state index contributed by atoms with van der Waals surface area (Å²) in [5.41, 5.74) is 3.47. The third-order valence-electron chi connectivity index (χ3n) is 6.29. The number of anilines is 1. The van der Waals surface area contributed by atoms with Gasteiger partial charge in [0.05, 0.1) is 23.2 Å². The topological polar surface area (TPSA) is 81.1 Å². The van der Waals surface area contributed by atoms with E-state index in [0.717, 1.165) is 50.5 Å². The molecule has 1 N–H and O–H groups in total. The molecule has 1 saturated carbocycles. The van der Waals surface area contributed by atoms with Crippen molar-refractivity contribution in [2.24, 2.45) is 0 Å². The van der Waals surface area contributed by atoms with E-state index in [1.807, 2.05) is 17.7 Å². The van der Waals surface area contributed by atoms with Crippen LogP contribution in [-0.4, -0.2) is 35.1 Å². The number of nitrogens with zero attached hydrogens (tertiary/aromatic N) is 2. The van der Waals surface area contributed by atoms with Crippen molar-refractivity contribution in [3.63, 3.8) is 0 Å². The van der Waals surface area contributed by atoms with Gasteiger partial charge in [0, 0.05) is 12.0 Å². The summed E-state index contributed by atoms with van der Waals surface area (Å²) in [6.45, 7) is 1.92. The van der Waals surface area contributed by atoms with E-state index >= 15 is 0 Å². The molecule has 1 heterocycles. The Hall–Kier alpha value is -2.15. The molecule has 1 aromatic carbocycles. The van der Waals surface area contributed by atoms with E-state index < -0.39 is 9.84 Å². The van der Waals surface area contributed by atoms with Gasteiger partial charge in [-0.25, -0.2) is 13.1 Å². The van der Waals surface area contributed by atoms with Crippen LogP contribution in [0.25, 0.3) is 0 Å². The normalized spacial score (nSPS) is 19.8. The number of nitrogens with one attached hydrogen (secondary N) is 1. The van der Waals surface area contributed by atoms with Crippen LogP contribution in [0.2, 0.25) is 0 Å². The lowest BCUT2D eigenvalue weighted by Crippen LogP contribution is -2.26. The van der Waals surface area contributed by atoms with Crippen LogP contribution in [0.1, 0.15) is 67.7 Å². The number of aromatic nitrogens is 2. The molecule has 1 aromatic heterocycles. The molecule has 0 spiro atoms. The summed E-state index contributed by atoms with van der Waals surface area (Å²) in [4.78, 5) is 12.6. The van der Waals surface area contributed by atoms with Crippen molar-refractivity contribution < 1.29 is 13.2 Å². The van der Waals surface area contributed by atoms with Gasteiger partial charge in [0.2, 0.25) is 5.91 Å². The molecule has 0 bridgehead atoms. The van der Waals surface area contributed by atoms with Gasteiger partial charge in [0.15, 0.2) is 9.84 Å². The minimum absolute atomic E-state index is 0.00922. The molecule has 2 aliphatic rings. The molecule has 4 rings (SSSR count). The number of hydrogen-bond donors (Lipinski definition) is 1.